The summed E-state index contributed by atoms with van der Waals surface area (Å²) in [7, 11) is 1.89. The predicted molar refractivity (Wildman–Crippen MR) is 74.9 cm³/mol. The molecule has 0 atom stereocenters. The molecule has 100 valence electrons. The van der Waals surface area contributed by atoms with Gasteiger partial charge < -0.3 is 9.88 Å². The van der Waals surface area contributed by atoms with Gasteiger partial charge in [0.1, 0.15) is 0 Å². The first-order valence-electron chi connectivity index (χ1n) is 7.02. The van der Waals surface area contributed by atoms with Gasteiger partial charge >= 0.3 is 0 Å². The third-order valence-corrected chi connectivity index (χ3v) is 3.59. The van der Waals surface area contributed by atoms with Gasteiger partial charge in [-0.25, -0.2) is 0 Å². The van der Waals surface area contributed by atoms with Crippen LogP contribution in [0, 0.1) is 5.92 Å². The molecule has 0 radical (unpaired) electrons. The molecule has 0 bridgehead atoms. The summed E-state index contributed by atoms with van der Waals surface area (Å²) >= 11 is 0. The summed E-state index contributed by atoms with van der Waals surface area (Å²) in [5.74, 6) is 0.513. The SMILES string of the molecule is CNCc1cc2c(n(CC(C)C)c1=O)CCCC2. The van der Waals surface area contributed by atoms with Gasteiger partial charge in [0, 0.05) is 24.3 Å². The van der Waals surface area contributed by atoms with Gasteiger partial charge in [0.05, 0.1) is 0 Å². The van der Waals surface area contributed by atoms with Gasteiger partial charge in [-0.1, -0.05) is 13.8 Å². The standard InChI is InChI=1S/C15H24N2O/c1-11(2)10-17-14-7-5-4-6-12(14)8-13(9-16-3)15(17)18/h8,11,16H,4-7,9-10H2,1-3H3. The van der Waals surface area contributed by atoms with Crippen molar-refractivity contribution in [3.8, 4) is 0 Å². The molecule has 0 spiro atoms. The average molecular weight is 248 g/mol. The van der Waals surface area contributed by atoms with Crippen LogP contribution in [-0.4, -0.2) is 11.6 Å². The first kappa shape index (κ1) is 13.3. The van der Waals surface area contributed by atoms with Crippen molar-refractivity contribution in [1.29, 1.82) is 0 Å². The fourth-order valence-electron chi connectivity index (χ4n) is 2.82. The molecule has 0 fully saturated rings. The Kier molecular flexibility index (Phi) is 4.23. The number of aromatic nitrogens is 1. The Bertz CT molecular complexity index is 474. The Morgan fingerprint density at radius 2 is 2.06 bits per heavy atom. The maximum Gasteiger partial charge on any atom is 0.255 e. The molecule has 1 N–H and O–H groups in total. The Morgan fingerprint density at radius 3 is 2.72 bits per heavy atom. The van der Waals surface area contributed by atoms with E-state index in [4.69, 9.17) is 0 Å². The van der Waals surface area contributed by atoms with E-state index in [0.717, 1.165) is 24.9 Å². The van der Waals surface area contributed by atoms with E-state index < -0.39 is 0 Å². The molecule has 0 saturated carbocycles. The van der Waals surface area contributed by atoms with Crippen molar-refractivity contribution in [3.05, 3.63) is 33.2 Å². The van der Waals surface area contributed by atoms with Crippen LogP contribution in [0.1, 0.15) is 43.5 Å². The van der Waals surface area contributed by atoms with Crippen LogP contribution in [0.4, 0.5) is 0 Å². The minimum atomic E-state index is 0.207. The Morgan fingerprint density at radius 1 is 1.33 bits per heavy atom. The first-order chi connectivity index (χ1) is 8.63. The smallest absolute Gasteiger partial charge is 0.255 e. The monoisotopic (exact) mass is 248 g/mol. The largest absolute Gasteiger partial charge is 0.315 e. The van der Waals surface area contributed by atoms with Crippen molar-refractivity contribution < 1.29 is 0 Å². The van der Waals surface area contributed by atoms with Crippen LogP contribution in [-0.2, 0) is 25.9 Å². The van der Waals surface area contributed by atoms with Crippen LogP contribution in [0.5, 0.6) is 0 Å². The van der Waals surface area contributed by atoms with Gasteiger partial charge in [-0.05, 0) is 50.3 Å². The number of nitrogens with zero attached hydrogens (tertiary/aromatic N) is 1. The van der Waals surface area contributed by atoms with Crippen molar-refractivity contribution >= 4 is 0 Å². The van der Waals surface area contributed by atoms with E-state index in [1.807, 2.05) is 11.6 Å². The zero-order valence-electron chi connectivity index (χ0n) is 11.8. The van der Waals surface area contributed by atoms with Crippen LogP contribution in [0.3, 0.4) is 0 Å². The van der Waals surface area contributed by atoms with Crippen molar-refractivity contribution in [2.45, 2.75) is 52.6 Å². The number of aryl methyl sites for hydroxylation is 1. The molecule has 0 aliphatic heterocycles. The molecule has 0 unspecified atom stereocenters. The zero-order valence-corrected chi connectivity index (χ0v) is 11.8. The molecule has 2 rings (SSSR count). The maximum absolute atomic E-state index is 12.5. The lowest BCUT2D eigenvalue weighted by atomic mass is 9.94. The lowest BCUT2D eigenvalue weighted by Crippen LogP contribution is -2.32. The van der Waals surface area contributed by atoms with Gasteiger partial charge in [-0.3, -0.25) is 4.79 Å². The van der Waals surface area contributed by atoms with Gasteiger partial charge in [-0.2, -0.15) is 0 Å². The average Bonchev–Trinajstić information content (AvgIpc) is 2.34. The number of rotatable bonds is 4. The van der Waals surface area contributed by atoms with Crippen LogP contribution in [0.2, 0.25) is 0 Å². The van der Waals surface area contributed by atoms with Crippen molar-refractivity contribution in [3.63, 3.8) is 0 Å². The number of pyridine rings is 1. The molecule has 0 aromatic carbocycles. The summed E-state index contributed by atoms with van der Waals surface area (Å²) in [6.45, 7) is 5.86. The summed E-state index contributed by atoms with van der Waals surface area (Å²) in [6, 6.07) is 2.13. The number of hydrogen-bond donors (Lipinski definition) is 1. The second-order valence-electron chi connectivity index (χ2n) is 5.69. The molecule has 1 heterocycles. The van der Waals surface area contributed by atoms with Crippen molar-refractivity contribution in [2.24, 2.45) is 5.92 Å². The predicted octanol–water partition coefficient (Wildman–Crippen LogP) is 2.10. The Labute approximate surface area is 109 Å². The van der Waals surface area contributed by atoms with Crippen molar-refractivity contribution in [1.82, 2.24) is 9.88 Å². The fraction of sp³-hybridized carbons (Fsp3) is 0.667. The summed E-state index contributed by atoms with van der Waals surface area (Å²) in [5, 5.41) is 3.10. The molecule has 0 amide bonds. The highest BCUT2D eigenvalue weighted by atomic mass is 16.1. The Balaban J connectivity index is 2.51. The number of hydrogen-bond acceptors (Lipinski definition) is 2. The van der Waals surface area contributed by atoms with E-state index in [1.165, 1.54) is 24.1 Å². The molecular weight excluding hydrogens is 224 g/mol. The minimum Gasteiger partial charge on any atom is -0.315 e. The van der Waals surface area contributed by atoms with E-state index in [-0.39, 0.29) is 5.56 Å². The summed E-state index contributed by atoms with van der Waals surface area (Å²) in [5.41, 5.74) is 3.81. The minimum absolute atomic E-state index is 0.207. The molecule has 18 heavy (non-hydrogen) atoms. The third kappa shape index (κ3) is 2.66. The van der Waals surface area contributed by atoms with E-state index in [9.17, 15) is 4.79 Å². The summed E-state index contributed by atoms with van der Waals surface area (Å²) in [4.78, 5) is 12.5. The van der Waals surface area contributed by atoms with Gasteiger partial charge in [0.15, 0.2) is 0 Å². The van der Waals surface area contributed by atoms with Crippen LogP contribution >= 0.6 is 0 Å². The quantitative estimate of drug-likeness (QED) is 0.885. The van der Waals surface area contributed by atoms with E-state index in [1.54, 1.807) is 0 Å². The molecule has 3 heteroatoms. The van der Waals surface area contributed by atoms with Crippen molar-refractivity contribution in [2.75, 3.05) is 7.05 Å². The van der Waals surface area contributed by atoms with Gasteiger partial charge in [0.2, 0.25) is 0 Å². The lowest BCUT2D eigenvalue weighted by Gasteiger charge is -2.23. The van der Waals surface area contributed by atoms with E-state index in [0.29, 0.717) is 12.5 Å². The van der Waals surface area contributed by atoms with Crippen LogP contribution in [0.25, 0.3) is 0 Å². The fourth-order valence-corrected chi connectivity index (χ4v) is 2.82. The second kappa shape index (κ2) is 5.70. The molecule has 3 nitrogen and oxygen atoms in total. The molecule has 0 saturated heterocycles. The molecule has 1 aromatic rings. The summed E-state index contributed by atoms with van der Waals surface area (Å²) < 4.78 is 2.03. The maximum atomic E-state index is 12.5. The van der Waals surface area contributed by atoms with E-state index >= 15 is 0 Å². The second-order valence-corrected chi connectivity index (χ2v) is 5.69. The Hall–Kier alpha value is -1.09. The molecular formula is C15H24N2O. The number of fused-ring (bicyclic) bond motifs is 1. The highest BCUT2D eigenvalue weighted by molar-refractivity contribution is 5.29. The first-order valence-corrected chi connectivity index (χ1v) is 7.02. The van der Waals surface area contributed by atoms with Gasteiger partial charge in [-0.15, -0.1) is 0 Å². The van der Waals surface area contributed by atoms with Gasteiger partial charge in [0.25, 0.3) is 5.56 Å². The van der Waals surface area contributed by atoms with E-state index in [2.05, 4.69) is 25.2 Å². The molecule has 1 aromatic heterocycles. The molecule has 1 aliphatic carbocycles. The highest BCUT2D eigenvalue weighted by Crippen LogP contribution is 2.21. The lowest BCUT2D eigenvalue weighted by molar-refractivity contribution is 0.476. The summed E-state index contributed by atoms with van der Waals surface area (Å²) in [6.07, 6.45) is 4.67. The van der Waals surface area contributed by atoms with Crippen LogP contribution in [0.15, 0.2) is 10.9 Å². The van der Waals surface area contributed by atoms with Crippen LogP contribution < -0.4 is 10.9 Å². The topological polar surface area (TPSA) is 34.0 Å². The highest BCUT2D eigenvalue weighted by Gasteiger charge is 2.17. The number of nitrogens with one attached hydrogen (secondary N) is 1. The molecule has 1 aliphatic rings. The third-order valence-electron chi connectivity index (χ3n) is 3.59. The zero-order chi connectivity index (χ0) is 13.1. The normalized spacial score (nSPS) is 14.9.